The highest BCUT2D eigenvalue weighted by Crippen LogP contribution is 2.34. The van der Waals surface area contributed by atoms with Crippen LogP contribution in [0.3, 0.4) is 0 Å². The molecule has 7 heteroatoms. The molecule has 6 nitrogen and oxygen atoms in total. The number of fused-ring (bicyclic) bond motifs is 2. The monoisotopic (exact) mass is 381 g/mol. The Morgan fingerprint density at radius 2 is 2.15 bits per heavy atom. The second kappa shape index (κ2) is 6.62. The van der Waals surface area contributed by atoms with Crippen molar-refractivity contribution in [2.75, 3.05) is 6.61 Å². The second-order valence-electron chi connectivity index (χ2n) is 7.09. The predicted octanol–water partition coefficient (Wildman–Crippen LogP) is 4.63. The fraction of sp³-hybridized carbons (Fsp3) is 0.350. The van der Waals surface area contributed by atoms with Crippen molar-refractivity contribution in [1.29, 1.82) is 0 Å². The van der Waals surface area contributed by atoms with Crippen LogP contribution in [0.5, 0.6) is 0 Å². The number of aromatic amines is 2. The van der Waals surface area contributed by atoms with Gasteiger partial charge in [0.2, 0.25) is 0 Å². The molecule has 1 aromatic carbocycles. The SMILES string of the molecule is Cc1nc2c(Cc3cccc4[nH]nc(C5CCCCO5)c34)nc(Cl)cc2[nH]1. The number of H-pyrrole nitrogens is 2. The van der Waals surface area contributed by atoms with E-state index in [1.54, 1.807) is 0 Å². The maximum atomic E-state index is 6.25. The summed E-state index contributed by atoms with van der Waals surface area (Å²) in [6.45, 7) is 2.73. The Balaban J connectivity index is 1.62. The normalized spacial score (nSPS) is 17.8. The summed E-state index contributed by atoms with van der Waals surface area (Å²) in [7, 11) is 0. The van der Waals surface area contributed by atoms with Crippen LogP contribution in [0.4, 0.5) is 0 Å². The summed E-state index contributed by atoms with van der Waals surface area (Å²) in [6, 6.07) is 8.04. The lowest BCUT2D eigenvalue weighted by atomic mass is 9.98. The Morgan fingerprint density at radius 3 is 3.00 bits per heavy atom. The highest BCUT2D eigenvalue weighted by Gasteiger charge is 2.23. The number of hydrogen-bond acceptors (Lipinski definition) is 4. The number of aromatic nitrogens is 5. The first kappa shape index (κ1) is 16.7. The molecule has 1 aliphatic rings. The molecule has 1 atom stereocenters. The van der Waals surface area contributed by atoms with Gasteiger partial charge in [0.05, 0.1) is 22.4 Å². The van der Waals surface area contributed by atoms with E-state index in [1.165, 1.54) is 6.42 Å². The van der Waals surface area contributed by atoms with Crippen molar-refractivity contribution in [3.05, 3.63) is 52.2 Å². The Bertz CT molecular complexity index is 1130. The molecule has 3 aromatic heterocycles. The highest BCUT2D eigenvalue weighted by atomic mass is 35.5. The van der Waals surface area contributed by atoms with Gasteiger partial charge in [0.25, 0.3) is 0 Å². The summed E-state index contributed by atoms with van der Waals surface area (Å²) < 4.78 is 5.99. The van der Waals surface area contributed by atoms with Crippen LogP contribution in [0, 0.1) is 6.92 Å². The fourth-order valence-corrected chi connectivity index (χ4v) is 4.19. The predicted molar refractivity (Wildman–Crippen MR) is 105 cm³/mol. The van der Waals surface area contributed by atoms with Crippen molar-refractivity contribution < 1.29 is 4.74 Å². The lowest BCUT2D eigenvalue weighted by Gasteiger charge is -2.21. The molecule has 27 heavy (non-hydrogen) atoms. The molecular weight excluding hydrogens is 362 g/mol. The Labute approximate surface area is 161 Å². The molecule has 5 rings (SSSR count). The van der Waals surface area contributed by atoms with Gasteiger partial charge in [-0.3, -0.25) is 5.10 Å². The van der Waals surface area contributed by atoms with Gasteiger partial charge in [-0.15, -0.1) is 0 Å². The van der Waals surface area contributed by atoms with Crippen LogP contribution in [0.2, 0.25) is 5.15 Å². The lowest BCUT2D eigenvalue weighted by Crippen LogP contribution is -2.12. The summed E-state index contributed by atoms with van der Waals surface area (Å²) in [5.74, 6) is 0.855. The summed E-state index contributed by atoms with van der Waals surface area (Å²) in [6.07, 6.45) is 3.98. The van der Waals surface area contributed by atoms with Crippen LogP contribution in [-0.2, 0) is 11.2 Å². The van der Waals surface area contributed by atoms with Gasteiger partial charge >= 0.3 is 0 Å². The van der Waals surface area contributed by atoms with Crippen LogP contribution >= 0.6 is 11.6 Å². The third-order valence-corrected chi connectivity index (χ3v) is 5.37. The van der Waals surface area contributed by atoms with E-state index in [0.29, 0.717) is 11.6 Å². The average molecular weight is 382 g/mol. The number of halogens is 1. The van der Waals surface area contributed by atoms with Gasteiger partial charge in [-0.25, -0.2) is 9.97 Å². The molecule has 4 aromatic rings. The largest absolute Gasteiger partial charge is 0.372 e. The van der Waals surface area contributed by atoms with Crippen molar-refractivity contribution in [2.24, 2.45) is 0 Å². The van der Waals surface area contributed by atoms with Crippen LogP contribution in [0.25, 0.3) is 21.9 Å². The van der Waals surface area contributed by atoms with E-state index in [2.05, 4.69) is 37.3 Å². The third-order valence-electron chi connectivity index (χ3n) is 5.18. The standard InChI is InChI=1S/C20H20ClN5O/c1-11-22-15-10-17(21)24-14(19(15)23-11)9-12-5-4-6-13-18(12)20(26-25-13)16-7-2-3-8-27-16/h4-6,10,16H,2-3,7-9H2,1H3,(H,22,23)(H,25,26). The fourth-order valence-electron chi connectivity index (χ4n) is 3.98. The Morgan fingerprint density at radius 1 is 1.22 bits per heavy atom. The number of rotatable bonds is 3. The summed E-state index contributed by atoms with van der Waals surface area (Å²) in [4.78, 5) is 12.4. The molecule has 4 heterocycles. The van der Waals surface area contributed by atoms with Gasteiger partial charge in [0.15, 0.2) is 0 Å². The summed E-state index contributed by atoms with van der Waals surface area (Å²) in [5.41, 5.74) is 5.82. The number of imidazole rings is 1. The molecule has 0 bridgehead atoms. The van der Waals surface area contributed by atoms with Crippen molar-refractivity contribution in [1.82, 2.24) is 25.1 Å². The van der Waals surface area contributed by atoms with E-state index >= 15 is 0 Å². The molecule has 1 saturated heterocycles. The molecule has 0 amide bonds. The number of benzene rings is 1. The number of ether oxygens (including phenoxy) is 1. The molecule has 2 N–H and O–H groups in total. The lowest BCUT2D eigenvalue weighted by molar-refractivity contribution is 0.0131. The smallest absolute Gasteiger partial charge is 0.131 e. The molecule has 0 radical (unpaired) electrons. The number of pyridine rings is 1. The minimum Gasteiger partial charge on any atom is -0.372 e. The third kappa shape index (κ3) is 2.99. The van der Waals surface area contributed by atoms with E-state index in [1.807, 2.05) is 19.1 Å². The summed E-state index contributed by atoms with van der Waals surface area (Å²) >= 11 is 6.25. The van der Waals surface area contributed by atoms with Gasteiger partial charge < -0.3 is 9.72 Å². The maximum absolute atomic E-state index is 6.25. The maximum Gasteiger partial charge on any atom is 0.131 e. The summed E-state index contributed by atoms with van der Waals surface area (Å²) in [5, 5.41) is 9.35. The Hall–Kier alpha value is -2.44. The minimum atomic E-state index is 0.0496. The first-order chi connectivity index (χ1) is 13.2. The van der Waals surface area contributed by atoms with E-state index in [4.69, 9.17) is 16.3 Å². The number of nitrogens with one attached hydrogen (secondary N) is 2. The topological polar surface area (TPSA) is 79.5 Å². The Kier molecular flexibility index (Phi) is 4.10. The second-order valence-corrected chi connectivity index (χ2v) is 7.48. The van der Waals surface area contributed by atoms with E-state index in [9.17, 15) is 0 Å². The number of aryl methyl sites for hydroxylation is 1. The zero-order valence-electron chi connectivity index (χ0n) is 15.1. The zero-order chi connectivity index (χ0) is 18.4. The molecule has 1 unspecified atom stereocenters. The molecule has 0 spiro atoms. The first-order valence-electron chi connectivity index (χ1n) is 9.28. The molecule has 1 aliphatic heterocycles. The molecular formula is C20H20ClN5O. The van der Waals surface area contributed by atoms with Gasteiger partial charge in [0.1, 0.15) is 22.6 Å². The van der Waals surface area contributed by atoms with Crippen LogP contribution in [0.15, 0.2) is 24.3 Å². The van der Waals surface area contributed by atoms with Gasteiger partial charge in [0, 0.05) is 24.5 Å². The van der Waals surface area contributed by atoms with E-state index < -0.39 is 0 Å². The van der Waals surface area contributed by atoms with Crippen molar-refractivity contribution in [2.45, 2.75) is 38.7 Å². The zero-order valence-corrected chi connectivity index (χ0v) is 15.8. The molecule has 0 aliphatic carbocycles. The number of hydrogen-bond donors (Lipinski definition) is 2. The van der Waals surface area contributed by atoms with Crippen molar-refractivity contribution in [3.63, 3.8) is 0 Å². The van der Waals surface area contributed by atoms with E-state index in [-0.39, 0.29) is 6.10 Å². The van der Waals surface area contributed by atoms with Gasteiger partial charge in [-0.2, -0.15) is 5.10 Å². The molecule has 1 fully saturated rings. The average Bonchev–Trinajstić information content (AvgIpc) is 3.26. The van der Waals surface area contributed by atoms with Crippen molar-refractivity contribution >= 4 is 33.5 Å². The van der Waals surface area contributed by atoms with Crippen molar-refractivity contribution in [3.8, 4) is 0 Å². The molecule has 138 valence electrons. The quantitative estimate of drug-likeness (QED) is 0.507. The van der Waals surface area contributed by atoms with Gasteiger partial charge in [-0.05, 0) is 37.8 Å². The van der Waals surface area contributed by atoms with Crippen LogP contribution in [0.1, 0.15) is 48.1 Å². The highest BCUT2D eigenvalue weighted by molar-refractivity contribution is 6.30. The number of nitrogens with zero attached hydrogens (tertiary/aromatic N) is 3. The van der Waals surface area contributed by atoms with Crippen LogP contribution in [-0.4, -0.2) is 31.8 Å². The van der Waals surface area contributed by atoms with Gasteiger partial charge in [-0.1, -0.05) is 23.7 Å². The van der Waals surface area contributed by atoms with E-state index in [0.717, 1.165) is 64.2 Å². The first-order valence-corrected chi connectivity index (χ1v) is 9.66. The molecule has 0 saturated carbocycles. The van der Waals surface area contributed by atoms with Crippen LogP contribution < -0.4 is 0 Å². The minimum absolute atomic E-state index is 0.0496.